The number of para-hydroxylation sites is 1. The molecule has 2 saturated carbocycles. The van der Waals surface area contributed by atoms with Gasteiger partial charge in [0.25, 0.3) is 5.91 Å². The lowest BCUT2D eigenvalue weighted by Gasteiger charge is -2.37. The lowest BCUT2D eigenvalue weighted by Crippen LogP contribution is -2.59. The van der Waals surface area contributed by atoms with Crippen molar-refractivity contribution in [1.82, 2.24) is 25.2 Å². The summed E-state index contributed by atoms with van der Waals surface area (Å²) >= 11 is 0. The van der Waals surface area contributed by atoms with Crippen molar-refractivity contribution in [3.63, 3.8) is 0 Å². The number of nitrogens with one attached hydrogen (secondary N) is 3. The van der Waals surface area contributed by atoms with E-state index in [0.717, 1.165) is 16.5 Å². The lowest BCUT2D eigenvalue weighted by atomic mass is 9.87. The highest BCUT2D eigenvalue weighted by Gasteiger charge is 2.69. The summed E-state index contributed by atoms with van der Waals surface area (Å²) in [5.74, 6) is -8.13. The summed E-state index contributed by atoms with van der Waals surface area (Å²) in [6, 6.07) is 4.61. The maximum absolute atomic E-state index is 14.7. The van der Waals surface area contributed by atoms with Crippen molar-refractivity contribution in [1.29, 1.82) is 0 Å². The van der Waals surface area contributed by atoms with Crippen LogP contribution in [0.15, 0.2) is 36.4 Å². The van der Waals surface area contributed by atoms with Crippen LogP contribution in [0.25, 0.3) is 10.9 Å². The molecule has 4 heterocycles. The zero-order valence-corrected chi connectivity index (χ0v) is 34.0. The van der Waals surface area contributed by atoms with E-state index in [9.17, 15) is 49.5 Å². The van der Waals surface area contributed by atoms with Gasteiger partial charge in [0.2, 0.25) is 21.8 Å². The molecule has 0 unspecified atom stereocenters. The molecule has 5 aliphatic rings. The number of hydrogen-bond donors (Lipinski definition) is 3. The summed E-state index contributed by atoms with van der Waals surface area (Å²) in [7, 11) is -4.10. The first-order chi connectivity index (χ1) is 27.4. The number of carbonyl (C=O) groups is 4. The van der Waals surface area contributed by atoms with Crippen LogP contribution in [0.4, 0.5) is 26.7 Å². The molecule has 2 aromatic rings. The monoisotopic (exact) mass is 853 g/mol. The molecule has 3 N–H and O–H groups in total. The van der Waals surface area contributed by atoms with Crippen molar-refractivity contribution in [2.24, 2.45) is 5.92 Å². The van der Waals surface area contributed by atoms with E-state index < -0.39 is 85.4 Å². The van der Waals surface area contributed by atoms with E-state index in [2.05, 4.69) is 20.1 Å². The number of hydrogen-bond acceptors (Lipinski definition) is 9. The number of amides is 4. The SMILES string of the molecule is Cc1nc2ccccc2c2c1O[C@]1(CC2)C[C@H]2C(=O)N[C@]3(C(=O)NS(=O)(=O)C4(C)CC4)C[C@H]3/C=C\CCCCC[C@H](NC(=O)OC(C)(C)C(F)(F)C(F)(F)F)C(=O)N2C1. The molecule has 3 fully saturated rings. The van der Waals surface area contributed by atoms with Crippen LogP contribution in [-0.2, 0) is 35.6 Å². The number of allylic oxidation sites excluding steroid dienone is 1. The van der Waals surface area contributed by atoms with E-state index >= 15 is 0 Å². The van der Waals surface area contributed by atoms with Crippen LogP contribution in [-0.4, -0.2) is 94.3 Å². The van der Waals surface area contributed by atoms with Gasteiger partial charge < -0.3 is 25.0 Å². The number of sulfonamides is 1. The van der Waals surface area contributed by atoms with Crippen molar-refractivity contribution in [2.75, 3.05) is 6.54 Å². The zero-order chi connectivity index (χ0) is 43.0. The van der Waals surface area contributed by atoms with Gasteiger partial charge in [0, 0.05) is 23.3 Å². The second kappa shape index (κ2) is 14.6. The van der Waals surface area contributed by atoms with E-state index in [1.807, 2.05) is 30.3 Å². The molecule has 19 heteroatoms. The molecule has 1 aromatic carbocycles. The molecule has 1 aromatic heterocycles. The molecule has 7 rings (SSSR count). The van der Waals surface area contributed by atoms with Crippen LogP contribution in [0, 0.1) is 12.8 Å². The molecule has 0 radical (unpaired) electrons. The number of aryl methyl sites for hydroxylation is 2. The van der Waals surface area contributed by atoms with Gasteiger partial charge in [-0.2, -0.15) is 22.0 Å². The second-order valence-electron chi connectivity index (χ2n) is 17.4. The maximum Gasteiger partial charge on any atom is 0.457 e. The van der Waals surface area contributed by atoms with E-state index in [4.69, 9.17) is 9.72 Å². The molecule has 13 nitrogen and oxygen atoms in total. The summed E-state index contributed by atoms with van der Waals surface area (Å²) in [6.45, 7) is 3.89. The second-order valence-corrected chi connectivity index (χ2v) is 19.6. The van der Waals surface area contributed by atoms with Gasteiger partial charge in [0.15, 0.2) is 5.60 Å². The van der Waals surface area contributed by atoms with E-state index in [1.54, 1.807) is 13.0 Å². The van der Waals surface area contributed by atoms with E-state index in [0.29, 0.717) is 76.7 Å². The Hall–Kier alpha value is -4.55. The number of ether oxygens (including phenoxy) is 2. The predicted molar refractivity (Wildman–Crippen MR) is 203 cm³/mol. The Balaban J connectivity index is 1.22. The number of alkyl carbamates (subject to hydrolysis) is 1. The third kappa shape index (κ3) is 7.71. The molecular formula is C40H48F5N5O8S. The third-order valence-corrected chi connectivity index (χ3v) is 14.8. The van der Waals surface area contributed by atoms with E-state index in [-0.39, 0.29) is 25.8 Å². The minimum Gasteiger partial charge on any atom is -0.483 e. The average molecular weight is 854 g/mol. The van der Waals surface area contributed by atoms with Gasteiger partial charge in [0.05, 0.1) is 22.5 Å². The number of fused-ring (bicyclic) bond motifs is 5. The van der Waals surface area contributed by atoms with Crippen LogP contribution < -0.4 is 20.1 Å². The highest BCUT2D eigenvalue weighted by atomic mass is 32.2. The number of alkyl halides is 5. The minimum absolute atomic E-state index is 0.0787. The first-order valence-electron chi connectivity index (χ1n) is 19.8. The Morgan fingerprint density at radius 2 is 1.75 bits per heavy atom. The number of carbonyl (C=O) groups excluding carboxylic acids is 4. The molecule has 322 valence electrons. The molecule has 59 heavy (non-hydrogen) atoms. The quantitative estimate of drug-likeness (QED) is 0.245. The first-order valence-corrected chi connectivity index (χ1v) is 21.3. The standard InChI is InChI=1S/C40H48F5N5O8S/c1-23-30-26(25-13-10-11-14-27(25)46-23)16-17-37(57-30)21-29-31(51)48-38(33(53)49-59(55,56)36(4)18-19-36)20-24(38)12-8-6-5-7-9-15-28(32(52)50(29)22-37)47-34(54)58-35(2,3)39(41,42)40(43,44)45/h8,10-14,24,28-29H,5-7,9,15-22H2,1-4H3,(H,47,54)(H,48,51)(H,49,53)/b12-8-/t24-,28+,29+,37-,38-/m1/s1. The fourth-order valence-corrected chi connectivity index (χ4v) is 9.76. The highest BCUT2D eigenvalue weighted by Crippen LogP contribution is 2.49. The topological polar surface area (TPSA) is 173 Å². The average Bonchev–Trinajstić information content (AvgIpc) is 4.04. The number of aromatic nitrogens is 1. The number of pyridine rings is 1. The van der Waals surface area contributed by atoms with Gasteiger partial charge in [-0.15, -0.1) is 0 Å². The van der Waals surface area contributed by atoms with Gasteiger partial charge in [-0.3, -0.25) is 19.1 Å². The Labute approximate surface area is 338 Å². The summed E-state index contributed by atoms with van der Waals surface area (Å²) in [5.41, 5.74) is -4.05. The van der Waals surface area contributed by atoms with Gasteiger partial charge >= 0.3 is 18.2 Å². The van der Waals surface area contributed by atoms with Gasteiger partial charge in [0.1, 0.15) is 29.0 Å². The summed E-state index contributed by atoms with van der Waals surface area (Å²) in [6.07, 6.45) is -0.926. The van der Waals surface area contributed by atoms with Crippen LogP contribution in [0.2, 0.25) is 0 Å². The zero-order valence-electron chi connectivity index (χ0n) is 33.1. The molecule has 1 saturated heterocycles. The molecule has 5 atom stereocenters. The van der Waals surface area contributed by atoms with Crippen molar-refractivity contribution >= 4 is 44.7 Å². The van der Waals surface area contributed by atoms with Crippen LogP contribution >= 0.6 is 0 Å². The van der Waals surface area contributed by atoms with Gasteiger partial charge in [-0.25, -0.2) is 18.2 Å². The Morgan fingerprint density at radius 3 is 2.44 bits per heavy atom. The number of nitrogens with zero attached hydrogens (tertiary/aromatic N) is 2. The van der Waals surface area contributed by atoms with Crippen molar-refractivity contribution in [2.45, 2.75) is 144 Å². The number of benzene rings is 1. The fourth-order valence-electron chi connectivity index (χ4n) is 8.45. The van der Waals surface area contributed by atoms with Gasteiger partial charge in [-0.05, 0) is 85.1 Å². The Morgan fingerprint density at radius 1 is 1.03 bits per heavy atom. The summed E-state index contributed by atoms with van der Waals surface area (Å²) < 4.78 is 108. The Bertz CT molecular complexity index is 2210. The van der Waals surface area contributed by atoms with Crippen LogP contribution in [0.5, 0.6) is 5.75 Å². The summed E-state index contributed by atoms with van der Waals surface area (Å²) in [5, 5.41) is 5.86. The summed E-state index contributed by atoms with van der Waals surface area (Å²) in [4.78, 5) is 62.2. The van der Waals surface area contributed by atoms with Gasteiger partial charge in [-0.1, -0.05) is 43.2 Å². The third-order valence-electron chi connectivity index (χ3n) is 12.6. The molecule has 4 amide bonds. The smallest absolute Gasteiger partial charge is 0.457 e. The predicted octanol–water partition coefficient (Wildman–Crippen LogP) is 5.67. The lowest BCUT2D eigenvalue weighted by molar-refractivity contribution is -0.332. The minimum atomic E-state index is -6.05. The first kappa shape index (κ1) is 42.6. The van der Waals surface area contributed by atoms with Crippen molar-refractivity contribution in [3.05, 3.63) is 47.7 Å². The number of halogens is 5. The highest BCUT2D eigenvalue weighted by molar-refractivity contribution is 7.91. The molecule has 3 aliphatic heterocycles. The molecule has 0 bridgehead atoms. The maximum atomic E-state index is 14.7. The van der Waals surface area contributed by atoms with Crippen molar-refractivity contribution < 1.29 is 59.0 Å². The van der Waals surface area contributed by atoms with E-state index in [1.165, 1.54) is 11.8 Å². The van der Waals surface area contributed by atoms with Crippen molar-refractivity contribution in [3.8, 4) is 5.75 Å². The van der Waals surface area contributed by atoms with Crippen LogP contribution in [0.3, 0.4) is 0 Å². The molecule has 2 aliphatic carbocycles. The normalized spacial score (nSPS) is 29.1. The number of rotatable bonds is 6. The largest absolute Gasteiger partial charge is 0.483 e. The Kier molecular flexibility index (Phi) is 10.5. The van der Waals surface area contributed by atoms with Crippen LogP contribution in [0.1, 0.15) is 96.2 Å². The molecular weight excluding hydrogens is 806 g/mol. The fraction of sp³-hybridized carbons (Fsp3) is 0.625. The molecule has 1 spiro atoms.